The molecular formula is C13H12FNO. The lowest BCUT2D eigenvalue weighted by Crippen LogP contribution is -1.99. The van der Waals surface area contributed by atoms with Crippen molar-refractivity contribution in [2.24, 2.45) is 0 Å². The second-order valence-electron chi connectivity index (χ2n) is 3.81. The van der Waals surface area contributed by atoms with E-state index in [2.05, 4.69) is 0 Å². The molecule has 0 radical (unpaired) electrons. The highest BCUT2D eigenvalue weighted by atomic mass is 19.1. The van der Waals surface area contributed by atoms with E-state index in [9.17, 15) is 9.18 Å². The van der Waals surface area contributed by atoms with Crippen LogP contribution in [0.1, 0.15) is 21.5 Å². The van der Waals surface area contributed by atoms with Crippen LogP contribution in [0.3, 0.4) is 0 Å². The van der Waals surface area contributed by atoms with Gasteiger partial charge in [0, 0.05) is 24.5 Å². The largest absolute Gasteiger partial charge is 0.349 e. The topological polar surface area (TPSA) is 22.0 Å². The van der Waals surface area contributed by atoms with E-state index in [1.807, 2.05) is 17.7 Å². The number of aryl methyl sites for hydroxylation is 1. The third kappa shape index (κ3) is 2.19. The molecule has 0 saturated heterocycles. The average Bonchev–Trinajstić information content (AvgIpc) is 2.71. The lowest BCUT2D eigenvalue weighted by atomic mass is 10.1. The van der Waals surface area contributed by atoms with Gasteiger partial charge in [0.25, 0.3) is 0 Å². The number of aldehydes is 1. The number of rotatable bonds is 3. The van der Waals surface area contributed by atoms with Crippen LogP contribution in [-0.4, -0.2) is 10.9 Å². The Hall–Kier alpha value is -1.90. The normalized spacial score (nSPS) is 10.4. The lowest BCUT2D eigenvalue weighted by Gasteiger charge is -2.06. The zero-order valence-electron chi connectivity index (χ0n) is 8.98. The Bertz CT molecular complexity index is 516. The second kappa shape index (κ2) is 4.31. The first kappa shape index (κ1) is 10.6. The number of carbonyl (C=O) groups excluding carboxylic acids is 1. The molecule has 0 saturated carbocycles. The molecule has 0 aliphatic rings. The van der Waals surface area contributed by atoms with Crippen LogP contribution in [0.4, 0.5) is 4.39 Å². The summed E-state index contributed by atoms with van der Waals surface area (Å²) >= 11 is 0. The van der Waals surface area contributed by atoms with Crippen molar-refractivity contribution >= 4 is 6.29 Å². The molecule has 2 rings (SSSR count). The van der Waals surface area contributed by atoms with Gasteiger partial charge in [0.2, 0.25) is 0 Å². The molecule has 0 bridgehead atoms. The van der Waals surface area contributed by atoms with Crippen molar-refractivity contribution in [3.05, 3.63) is 59.2 Å². The highest BCUT2D eigenvalue weighted by Crippen LogP contribution is 2.12. The van der Waals surface area contributed by atoms with Crippen molar-refractivity contribution in [1.29, 1.82) is 0 Å². The third-order valence-electron chi connectivity index (χ3n) is 2.57. The van der Waals surface area contributed by atoms with E-state index in [1.54, 1.807) is 18.3 Å². The highest BCUT2D eigenvalue weighted by molar-refractivity contribution is 5.74. The molecule has 0 aliphatic carbocycles. The van der Waals surface area contributed by atoms with Gasteiger partial charge in [-0.05, 0) is 36.2 Å². The Morgan fingerprint density at radius 3 is 2.88 bits per heavy atom. The summed E-state index contributed by atoms with van der Waals surface area (Å²) in [7, 11) is 0. The summed E-state index contributed by atoms with van der Waals surface area (Å²) in [6, 6.07) is 6.47. The van der Waals surface area contributed by atoms with Crippen molar-refractivity contribution in [3.63, 3.8) is 0 Å². The summed E-state index contributed by atoms with van der Waals surface area (Å²) in [6.07, 6.45) is 4.36. The van der Waals surface area contributed by atoms with Crippen LogP contribution in [0.5, 0.6) is 0 Å². The van der Waals surface area contributed by atoms with Gasteiger partial charge in [-0.2, -0.15) is 0 Å². The molecule has 0 atom stereocenters. The van der Waals surface area contributed by atoms with Gasteiger partial charge in [0.15, 0.2) is 6.29 Å². The molecule has 0 spiro atoms. The van der Waals surface area contributed by atoms with E-state index in [4.69, 9.17) is 0 Å². The summed E-state index contributed by atoms with van der Waals surface area (Å²) < 4.78 is 14.9. The Morgan fingerprint density at radius 1 is 1.38 bits per heavy atom. The molecule has 2 aromatic rings. The van der Waals surface area contributed by atoms with Crippen molar-refractivity contribution in [3.8, 4) is 0 Å². The predicted molar refractivity (Wildman–Crippen MR) is 60.1 cm³/mol. The van der Waals surface area contributed by atoms with Crippen molar-refractivity contribution in [2.45, 2.75) is 13.5 Å². The smallest absolute Gasteiger partial charge is 0.151 e. The second-order valence-corrected chi connectivity index (χ2v) is 3.81. The van der Waals surface area contributed by atoms with E-state index < -0.39 is 0 Å². The highest BCUT2D eigenvalue weighted by Gasteiger charge is 2.02. The average molecular weight is 217 g/mol. The first-order valence-electron chi connectivity index (χ1n) is 5.05. The van der Waals surface area contributed by atoms with Gasteiger partial charge in [0.1, 0.15) is 5.82 Å². The fourth-order valence-corrected chi connectivity index (χ4v) is 1.63. The minimum atomic E-state index is -0.233. The van der Waals surface area contributed by atoms with Gasteiger partial charge in [-0.25, -0.2) is 4.39 Å². The van der Waals surface area contributed by atoms with Crippen LogP contribution in [0.25, 0.3) is 0 Å². The van der Waals surface area contributed by atoms with Crippen LogP contribution in [0.15, 0.2) is 36.7 Å². The van der Waals surface area contributed by atoms with Crippen LogP contribution in [0, 0.1) is 12.7 Å². The Kier molecular flexibility index (Phi) is 2.86. The van der Waals surface area contributed by atoms with Crippen LogP contribution in [0.2, 0.25) is 0 Å². The lowest BCUT2D eigenvalue weighted by molar-refractivity contribution is 0.112. The van der Waals surface area contributed by atoms with Crippen LogP contribution < -0.4 is 0 Å². The summed E-state index contributed by atoms with van der Waals surface area (Å²) in [6.45, 7) is 2.52. The van der Waals surface area contributed by atoms with Crippen LogP contribution >= 0.6 is 0 Å². The predicted octanol–water partition coefficient (Wildman–Crippen LogP) is 2.80. The first-order chi connectivity index (χ1) is 7.69. The molecule has 0 unspecified atom stereocenters. The summed E-state index contributed by atoms with van der Waals surface area (Å²) in [5, 5.41) is 0. The van der Waals surface area contributed by atoms with Gasteiger partial charge in [0.05, 0.1) is 0 Å². The third-order valence-corrected chi connectivity index (χ3v) is 2.57. The zero-order chi connectivity index (χ0) is 11.5. The maximum Gasteiger partial charge on any atom is 0.151 e. The molecule has 0 aliphatic heterocycles. The molecule has 0 fully saturated rings. The van der Waals surface area contributed by atoms with E-state index in [0.717, 1.165) is 17.4 Å². The van der Waals surface area contributed by atoms with E-state index in [-0.39, 0.29) is 5.82 Å². The number of aromatic nitrogens is 1. The van der Waals surface area contributed by atoms with Gasteiger partial charge < -0.3 is 4.57 Å². The Labute approximate surface area is 93.3 Å². The maximum atomic E-state index is 13.1. The molecule has 1 aromatic carbocycles. The standard InChI is InChI=1S/C13H12FNO/c1-10-2-3-13(14)6-12(10)8-15-5-4-11(7-15)9-16/h2-7,9H,8H2,1H3. The molecule has 0 N–H and O–H groups in total. The first-order valence-corrected chi connectivity index (χ1v) is 5.05. The summed E-state index contributed by atoms with van der Waals surface area (Å²) in [4.78, 5) is 10.5. The molecular weight excluding hydrogens is 205 g/mol. The Morgan fingerprint density at radius 2 is 2.19 bits per heavy atom. The Balaban J connectivity index is 2.26. The monoisotopic (exact) mass is 217 g/mol. The van der Waals surface area contributed by atoms with Crippen molar-refractivity contribution in [1.82, 2.24) is 4.57 Å². The fraction of sp³-hybridized carbons (Fsp3) is 0.154. The number of nitrogens with zero attached hydrogens (tertiary/aromatic N) is 1. The number of benzene rings is 1. The zero-order valence-corrected chi connectivity index (χ0v) is 8.98. The maximum absolute atomic E-state index is 13.1. The quantitative estimate of drug-likeness (QED) is 0.724. The molecule has 2 nitrogen and oxygen atoms in total. The minimum absolute atomic E-state index is 0.233. The SMILES string of the molecule is Cc1ccc(F)cc1Cn1ccc(C=O)c1. The number of carbonyl (C=O) groups is 1. The van der Waals surface area contributed by atoms with Gasteiger partial charge in [-0.3, -0.25) is 4.79 Å². The fourth-order valence-electron chi connectivity index (χ4n) is 1.63. The number of halogens is 1. The molecule has 1 heterocycles. The van der Waals surface area contributed by atoms with Gasteiger partial charge >= 0.3 is 0 Å². The number of hydrogen-bond donors (Lipinski definition) is 0. The molecule has 0 amide bonds. The molecule has 82 valence electrons. The van der Waals surface area contributed by atoms with Crippen molar-refractivity contribution in [2.75, 3.05) is 0 Å². The molecule has 3 heteroatoms. The van der Waals surface area contributed by atoms with Gasteiger partial charge in [-0.15, -0.1) is 0 Å². The van der Waals surface area contributed by atoms with Gasteiger partial charge in [-0.1, -0.05) is 6.07 Å². The van der Waals surface area contributed by atoms with E-state index in [1.165, 1.54) is 12.1 Å². The van der Waals surface area contributed by atoms with Crippen LogP contribution in [-0.2, 0) is 6.54 Å². The molecule has 16 heavy (non-hydrogen) atoms. The van der Waals surface area contributed by atoms with Crippen molar-refractivity contribution < 1.29 is 9.18 Å². The van der Waals surface area contributed by atoms with E-state index >= 15 is 0 Å². The molecule has 1 aromatic heterocycles. The minimum Gasteiger partial charge on any atom is -0.349 e. The summed E-state index contributed by atoms with van der Waals surface area (Å²) in [5.74, 6) is -0.233. The summed E-state index contributed by atoms with van der Waals surface area (Å²) in [5.41, 5.74) is 2.60. The van der Waals surface area contributed by atoms with E-state index in [0.29, 0.717) is 12.1 Å². The number of hydrogen-bond acceptors (Lipinski definition) is 1.